The Hall–Kier alpha value is -1.61. The molecule has 1 aromatic heterocycles. The van der Waals surface area contributed by atoms with Crippen molar-refractivity contribution >= 4 is 0 Å². The zero-order chi connectivity index (χ0) is 13.0. The fraction of sp³-hybridized carbons (Fsp3) is 0.400. The zero-order valence-electron chi connectivity index (χ0n) is 11.4. The van der Waals surface area contributed by atoms with Crippen molar-refractivity contribution in [3.63, 3.8) is 0 Å². The third-order valence-electron chi connectivity index (χ3n) is 3.26. The van der Waals surface area contributed by atoms with E-state index >= 15 is 0 Å². The highest BCUT2D eigenvalue weighted by Crippen LogP contribution is 2.13. The minimum atomic E-state index is 0.380. The molecule has 0 aliphatic rings. The third kappa shape index (κ3) is 3.20. The molecule has 18 heavy (non-hydrogen) atoms. The van der Waals surface area contributed by atoms with Crippen LogP contribution in [-0.2, 0) is 13.5 Å². The first-order valence-corrected chi connectivity index (χ1v) is 6.43. The molecule has 0 radical (unpaired) electrons. The molecule has 3 nitrogen and oxygen atoms in total. The van der Waals surface area contributed by atoms with Crippen LogP contribution in [0.3, 0.4) is 0 Å². The van der Waals surface area contributed by atoms with Crippen molar-refractivity contribution in [2.75, 3.05) is 6.54 Å². The van der Waals surface area contributed by atoms with Gasteiger partial charge in [0.05, 0.1) is 0 Å². The molecule has 0 fully saturated rings. The number of nitrogens with one attached hydrogen (secondary N) is 1. The van der Waals surface area contributed by atoms with E-state index in [-0.39, 0.29) is 0 Å². The van der Waals surface area contributed by atoms with Crippen LogP contribution in [-0.4, -0.2) is 16.1 Å². The number of hydrogen-bond donors (Lipinski definition) is 1. The van der Waals surface area contributed by atoms with Crippen LogP contribution < -0.4 is 5.32 Å². The molecule has 1 aromatic carbocycles. The second-order valence-corrected chi connectivity index (χ2v) is 4.79. The summed E-state index contributed by atoms with van der Waals surface area (Å²) in [5.41, 5.74) is 2.65. The molecule has 1 N–H and O–H groups in total. The fourth-order valence-electron chi connectivity index (χ4n) is 2.10. The first-order chi connectivity index (χ1) is 8.66. The standard InChI is InChI=1S/C15H21N3/c1-12-5-4-6-14(11-12)13(2)16-8-7-15-17-9-10-18(15)3/h4-6,9-11,13,16H,7-8H2,1-3H3. The van der Waals surface area contributed by atoms with E-state index in [1.807, 2.05) is 19.4 Å². The Morgan fingerprint density at radius 1 is 1.39 bits per heavy atom. The molecule has 2 aromatic rings. The van der Waals surface area contributed by atoms with E-state index in [9.17, 15) is 0 Å². The smallest absolute Gasteiger partial charge is 0.109 e. The molecule has 1 atom stereocenters. The maximum atomic E-state index is 4.32. The largest absolute Gasteiger partial charge is 0.338 e. The number of nitrogens with zero attached hydrogens (tertiary/aromatic N) is 2. The van der Waals surface area contributed by atoms with E-state index in [0.29, 0.717) is 6.04 Å². The quantitative estimate of drug-likeness (QED) is 0.875. The van der Waals surface area contributed by atoms with Crippen LogP contribution in [0.4, 0.5) is 0 Å². The van der Waals surface area contributed by atoms with Gasteiger partial charge in [0.2, 0.25) is 0 Å². The summed E-state index contributed by atoms with van der Waals surface area (Å²) in [6.07, 6.45) is 4.79. The van der Waals surface area contributed by atoms with Gasteiger partial charge < -0.3 is 9.88 Å². The van der Waals surface area contributed by atoms with Gasteiger partial charge in [-0.2, -0.15) is 0 Å². The topological polar surface area (TPSA) is 29.9 Å². The van der Waals surface area contributed by atoms with Gasteiger partial charge in [-0.3, -0.25) is 0 Å². The van der Waals surface area contributed by atoms with Crippen LogP contribution in [0.1, 0.15) is 29.9 Å². The molecule has 0 bridgehead atoms. The van der Waals surface area contributed by atoms with Gasteiger partial charge in [-0.15, -0.1) is 0 Å². The van der Waals surface area contributed by atoms with Crippen LogP contribution >= 0.6 is 0 Å². The van der Waals surface area contributed by atoms with Gasteiger partial charge in [-0.05, 0) is 19.4 Å². The summed E-state index contributed by atoms with van der Waals surface area (Å²) < 4.78 is 2.07. The van der Waals surface area contributed by atoms with Gasteiger partial charge in [-0.1, -0.05) is 29.8 Å². The minimum absolute atomic E-state index is 0.380. The Bertz CT molecular complexity index is 502. The monoisotopic (exact) mass is 243 g/mol. The summed E-state index contributed by atoms with van der Waals surface area (Å²) in [5.74, 6) is 1.12. The van der Waals surface area contributed by atoms with E-state index in [0.717, 1.165) is 18.8 Å². The highest BCUT2D eigenvalue weighted by atomic mass is 15.0. The van der Waals surface area contributed by atoms with Crippen LogP contribution in [0.5, 0.6) is 0 Å². The van der Waals surface area contributed by atoms with Crippen molar-refractivity contribution in [1.82, 2.24) is 14.9 Å². The lowest BCUT2D eigenvalue weighted by Crippen LogP contribution is -2.22. The van der Waals surface area contributed by atoms with Crippen molar-refractivity contribution in [1.29, 1.82) is 0 Å². The van der Waals surface area contributed by atoms with Gasteiger partial charge in [0, 0.05) is 38.4 Å². The molecular formula is C15H21N3. The van der Waals surface area contributed by atoms with E-state index in [4.69, 9.17) is 0 Å². The molecule has 0 spiro atoms. The highest BCUT2D eigenvalue weighted by molar-refractivity contribution is 5.24. The number of benzene rings is 1. The predicted octanol–water partition coefficient (Wildman–Crippen LogP) is 2.62. The Morgan fingerprint density at radius 3 is 2.89 bits per heavy atom. The highest BCUT2D eigenvalue weighted by Gasteiger charge is 2.05. The average Bonchev–Trinajstić information content (AvgIpc) is 2.75. The Balaban J connectivity index is 1.85. The van der Waals surface area contributed by atoms with Crippen LogP contribution in [0.2, 0.25) is 0 Å². The van der Waals surface area contributed by atoms with Crippen molar-refractivity contribution < 1.29 is 0 Å². The molecule has 2 rings (SSSR count). The normalized spacial score (nSPS) is 12.6. The van der Waals surface area contributed by atoms with Crippen molar-refractivity contribution in [2.45, 2.75) is 26.3 Å². The van der Waals surface area contributed by atoms with Crippen molar-refractivity contribution in [3.05, 3.63) is 53.6 Å². The van der Waals surface area contributed by atoms with E-state index in [1.54, 1.807) is 0 Å². The Labute approximate surface area is 109 Å². The molecule has 0 saturated heterocycles. The van der Waals surface area contributed by atoms with E-state index < -0.39 is 0 Å². The molecular weight excluding hydrogens is 222 g/mol. The summed E-state index contributed by atoms with van der Waals surface area (Å²) in [6, 6.07) is 9.03. The fourth-order valence-corrected chi connectivity index (χ4v) is 2.10. The number of aryl methyl sites for hydroxylation is 2. The molecule has 3 heteroatoms. The maximum absolute atomic E-state index is 4.32. The third-order valence-corrected chi connectivity index (χ3v) is 3.26. The van der Waals surface area contributed by atoms with Crippen LogP contribution in [0, 0.1) is 6.92 Å². The lowest BCUT2D eigenvalue weighted by molar-refractivity contribution is 0.565. The molecule has 1 unspecified atom stereocenters. The van der Waals surface area contributed by atoms with Crippen molar-refractivity contribution in [2.24, 2.45) is 7.05 Å². The molecule has 1 heterocycles. The zero-order valence-corrected chi connectivity index (χ0v) is 11.4. The second-order valence-electron chi connectivity index (χ2n) is 4.79. The lowest BCUT2D eigenvalue weighted by Gasteiger charge is -2.14. The van der Waals surface area contributed by atoms with Crippen molar-refractivity contribution in [3.8, 4) is 0 Å². The van der Waals surface area contributed by atoms with E-state index in [2.05, 4.69) is 53.0 Å². The van der Waals surface area contributed by atoms with Gasteiger partial charge in [0.1, 0.15) is 5.82 Å². The number of hydrogen-bond acceptors (Lipinski definition) is 2. The Morgan fingerprint density at radius 2 is 2.22 bits per heavy atom. The summed E-state index contributed by atoms with van der Waals surface area (Å²) in [6.45, 7) is 5.28. The Kier molecular flexibility index (Phi) is 4.15. The minimum Gasteiger partial charge on any atom is -0.338 e. The predicted molar refractivity (Wildman–Crippen MR) is 74.5 cm³/mol. The van der Waals surface area contributed by atoms with Crippen LogP contribution in [0.15, 0.2) is 36.7 Å². The number of aromatic nitrogens is 2. The van der Waals surface area contributed by atoms with E-state index in [1.165, 1.54) is 11.1 Å². The van der Waals surface area contributed by atoms with Gasteiger partial charge >= 0.3 is 0 Å². The maximum Gasteiger partial charge on any atom is 0.109 e. The van der Waals surface area contributed by atoms with Gasteiger partial charge in [0.25, 0.3) is 0 Å². The van der Waals surface area contributed by atoms with Gasteiger partial charge in [0.15, 0.2) is 0 Å². The van der Waals surface area contributed by atoms with Crippen LogP contribution in [0.25, 0.3) is 0 Å². The molecule has 0 aliphatic heterocycles. The second kappa shape index (κ2) is 5.83. The first-order valence-electron chi connectivity index (χ1n) is 6.43. The summed E-state index contributed by atoms with van der Waals surface area (Å²) in [5, 5.41) is 3.54. The molecule has 0 amide bonds. The van der Waals surface area contributed by atoms with Gasteiger partial charge in [-0.25, -0.2) is 4.98 Å². The SMILES string of the molecule is Cc1cccc(C(C)NCCc2nccn2C)c1. The number of rotatable bonds is 5. The molecule has 0 aliphatic carbocycles. The summed E-state index contributed by atoms with van der Waals surface area (Å²) >= 11 is 0. The molecule has 0 saturated carbocycles. The summed E-state index contributed by atoms with van der Waals surface area (Å²) in [7, 11) is 2.03. The first kappa shape index (κ1) is 12.8. The summed E-state index contributed by atoms with van der Waals surface area (Å²) in [4.78, 5) is 4.32. The average molecular weight is 243 g/mol. The lowest BCUT2D eigenvalue weighted by atomic mass is 10.1. The number of imidazole rings is 1. The molecule has 96 valence electrons.